The fourth-order valence-corrected chi connectivity index (χ4v) is 3.05. The average Bonchev–Trinajstić information content (AvgIpc) is 3.14. The molecule has 2 N–H and O–H groups in total. The number of aryl methyl sites for hydroxylation is 2. The molecule has 104 valence electrons. The lowest BCUT2D eigenvalue weighted by Gasteiger charge is -2.10. The van der Waals surface area contributed by atoms with Gasteiger partial charge in [0, 0.05) is 6.04 Å². The highest BCUT2D eigenvalue weighted by atomic mass is 32.2. The van der Waals surface area contributed by atoms with Gasteiger partial charge in [-0.05, 0) is 43.9 Å². The molecule has 1 aliphatic rings. The predicted octanol–water partition coefficient (Wildman–Crippen LogP) is 0.860. The molecule has 1 saturated carbocycles. The highest BCUT2D eigenvalue weighted by molar-refractivity contribution is 7.89. The van der Waals surface area contributed by atoms with Crippen molar-refractivity contribution in [3.05, 3.63) is 29.3 Å². The highest BCUT2D eigenvalue weighted by Gasteiger charge is 2.24. The monoisotopic (exact) mass is 282 g/mol. The second-order valence-corrected chi connectivity index (χ2v) is 6.67. The molecule has 6 heteroatoms. The number of carbonyl (C=O) groups is 1. The van der Waals surface area contributed by atoms with Crippen molar-refractivity contribution in [3.8, 4) is 0 Å². The molecule has 1 aromatic rings. The smallest absolute Gasteiger partial charge is 0.241 e. The van der Waals surface area contributed by atoms with Gasteiger partial charge < -0.3 is 5.32 Å². The van der Waals surface area contributed by atoms with Gasteiger partial charge in [0.25, 0.3) is 0 Å². The number of sulfonamides is 1. The second kappa shape index (κ2) is 5.30. The maximum atomic E-state index is 12.1. The van der Waals surface area contributed by atoms with Gasteiger partial charge in [0.1, 0.15) is 0 Å². The van der Waals surface area contributed by atoms with E-state index in [-0.39, 0.29) is 23.4 Å². The van der Waals surface area contributed by atoms with Gasteiger partial charge in [0.15, 0.2) is 0 Å². The summed E-state index contributed by atoms with van der Waals surface area (Å²) >= 11 is 0. The van der Waals surface area contributed by atoms with Crippen molar-refractivity contribution < 1.29 is 13.2 Å². The second-order valence-electron chi connectivity index (χ2n) is 4.94. The van der Waals surface area contributed by atoms with Gasteiger partial charge in [-0.2, -0.15) is 0 Å². The largest absolute Gasteiger partial charge is 0.352 e. The van der Waals surface area contributed by atoms with E-state index >= 15 is 0 Å². The van der Waals surface area contributed by atoms with Crippen LogP contribution in [0.2, 0.25) is 0 Å². The Bertz CT molecular complexity index is 592. The Kier molecular flexibility index (Phi) is 3.91. The molecule has 5 nitrogen and oxygen atoms in total. The Labute approximate surface area is 113 Å². The van der Waals surface area contributed by atoms with Crippen LogP contribution in [0.4, 0.5) is 0 Å². The summed E-state index contributed by atoms with van der Waals surface area (Å²) < 4.78 is 26.6. The van der Waals surface area contributed by atoms with Crippen molar-refractivity contribution in [2.24, 2.45) is 0 Å². The van der Waals surface area contributed by atoms with Crippen LogP contribution in [0.5, 0.6) is 0 Å². The molecule has 0 spiro atoms. The van der Waals surface area contributed by atoms with E-state index in [4.69, 9.17) is 0 Å². The SMILES string of the molecule is Cc1ccc(C)c(S(=O)(=O)NCC(=O)NC2CC2)c1. The van der Waals surface area contributed by atoms with Crippen LogP contribution in [-0.4, -0.2) is 26.9 Å². The van der Waals surface area contributed by atoms with E-state index in [0.29, 0.717) is 5.56 Å². The summed E-state index contributed by atoms with van der Waals surface area (Å²) in [6, 6.07) is 5.46. The van der Waals surface area contributed by atoms with Gasteiger partial charge in [-0.25, -0.2) is 13.1 Å². The van der Waals surface area contributed by atoms with Gasteiger partial charge in [-0.15, -0.1) is 0 Å². The summed E-state index contributed by atoms with van der Waals surface area (Å²) in [4.78, 5) is 11.7. The number of nitrogens with one attached hydrogen (secondary N) is 2. The van der Waals surface area contributed by atoms with E-state index in [2.05, 4.69) is 10.0 Å². The fourth-order valence-electron chi connectivity index (χ4n) is 1.74. The quantitative estimate of drug-likeness (QED) is 0.841. The molecule has 1 fully saturated rings. The van der Waals surface area contributed by atoms with E-state index < -0.39 is 10.0 Å². The molecule has 2 rings (SSSR count). The Morgan fingerprint density at radius 1 is 1.32 bits per heavy atom. The van der Waals surface area contributed by atoms with Gasteiger partial charge in [-0.1, -0.05) is 12.1 Å². The van der Waals surface area contributed by atoms with Crippen molar-refractivity contribution >= 4 is 15.9 Å². The molecule has 0 unspecified atom stereocenters. The van der Waals surface area contributed by atoms with Gasteiger partial charge in [0.2, 0.25) is 15.9 Å². The summed E-state index contributed by atoms with van der Waals surface area (Å²) in [6.45, 7) is 3.35. The van der Waals surface area contributed by atoms with Crippen LogP contribution in [0.15, 0.2) is 23.1 Å². The number of hydrogen-bond donors (Lipinski definition) is 2. The number of amides is 1. The lowest BCUT2D eigenvalue weighted by Crippen LogP contribution is -2.38. The van der Waals surface area contributed by atoms with Crippen molar-refractivity contribution in [2.75, 3.05) is 6.54 Å². The Balaban J connectivity index is 2.04. The maximum Gasteiger partial charge on any atom is 0.241 e. The lowest BCUT2D eigenvalue weighted by molar-refractivity contribution is -0.120. The minimum atomic E-state index is -3.63. The first-order valence-corrected chi connectivity index (χ1v) is 7.73. The third-order valence-corrected chi connectivity index (χ3v) is 4.54. The van der Waals surface area contributed by atoms with E-state index in [0.717, 1.165) is 18.4 Å². The molecule has 0 aliphatic heterocycles. The van der Waals surface area contributed by atoms with Crippen molar-refractivity contribution in [3.63, 3.8) is 0 Å². The summed E-state index contributed by atoms with van der Waals surface area (Å²) in [7, 11) is -3.63. The molecular weight excluding hydrogens is 264 g/mol. The van der Waals surface area contributed by atoms with E-state index in [1.54, 1.807) is 19.1 Å². The van der Waals surface area contributed by atoms with Crippen LogP contribution in [0.25, 0.3) is 0 Å². The molecule has 1 amide bonds. The first-order chi connectivity index (χ1) is 8.88. The third-order valence-electron chi connectivity index (χ3n) is 3.00. The number of rotatable bonds is 5. The average molecular weight is 282 g/mol. The van der Waals surface area contributed by atoms with Crippen LogP contribution in [0.1, 0.15) is 24.0 Å². The van der Waals surface area contributed by atoms with Gasteiger partial charge >= 0.3 is 0 Å². The Hall–Kier alpha value is -1.40. The molecule has 0 heterocycles. The topological polar surface area (TPSA) is 75.3 Å². The number of hydrogen-bond acceptors (Lipinski definition) is 3. The maximum absolute atomic E-state index is 12.1. The van der Waals surface area contributed by atoms with Crippen molar-refractivity contribution in [1.82, 2.24) is 10.0 Å². The molecule has 1 aliphatic carbocycles. The molecule has 0 bridgehead atoms. The predicted molar refractivity (Wildman–Crippen MR) is 72.3 cm³/mol. The molecule has 0 saturated heterocycles. The highest BCUT2D eigenvalue weighted by Crippen LogP contribution is 2.18. The Morgan fingerprint density at radius 2 is 2.00 bits per heavy atom. The zero-order chi connectivity index (χ0) is 14.0. The number of benzene rings is 1. The van der Waals surface area contributed by atoms with Crippen LogP contribution >= 0.6 is 0 Å². The summed E-state index contributed by atoms with van der Waals surface area (Å²) in [5.41, 5.74) is 1.54. The van der Waals surface area contributed by atoms with E-state index in [1.165, 1.54) is 0 Å². The summed E-state index contributed by atoms with van der Waals surface area (Å²) in [5.74, 6) is -0.281. The summed E-state index contributed by atoms with van der Waals surface area (Å²) in [5, 5.41) is 2.74. The first-order valence-electron chi connectivity index (χ1n) is 6.25. The minimum Gasteiger partial charge on any atom is -0.352 e. The molecule has 0 atom stereocenters. The lowest BCUT2D eigenvalue weighted by atomic mass is 10.2. The zero-order valence-electron chi connectivity index (χ0n) is 11.1. The van der Waals surface area contributed by atoms with Crippen molar-refractivity contribution in [1.29, 1.82) is 0 Å². The normalized spacial score (nSPS) is 15.3. The van der Waals surface area contributed by atoms with Crippen LogP contribution in [-0.2, 0) is 14.8 Å². The van der Waals surface area contributed by atoms with E-state index in [9.17, 15) is 13.2 Å². The van der Waals surface area contributed by atoms with Gasteiger partial charge in [-0.3, -0.25) is 4.79 Å². The molecule has 1 aromatic carbocycles. The van der Waals surface area contributed by atoms with Crippen LogP contribution < -0.4 is 10.0 Å². The standard InChI is InChI=1S/C13H18N2O3S/c1-9-3-4-10(2)12(7-9)19(17,18)14-8-13(16)15-11-5-6-11/h3-4,7,11,14H,5-6,8H2,1-2H3,(H,15,16). The molecular formula is C13H18N2O3S. The first kappa shape index (κ1) is 14.0. The van der Waals surface area contributed by atoms with Crippen LogP contribution in [0, 0.1) is 13.8 Å². The zero-order valence-corrected chi connectivity index (χ0v) is 11.9. The van der Waals surface area contributed by atoms with Crippen LogP contribution in [0.3, 0.4) is 0 Å². The third kappa shape index (κ3) is 3.78. The number of carbonyl (C=O) groups excluding carboxylic acids is 1. The Morgan fingerprint density at radius 3 is 2.63 bits per heavy atom. The fraction of sp³-hybridized carbons (Fsp3) is 0.462. The van der Waals surface area contributed by atoms with E-state index in [1.807, 2.05) is 13.0 Å². The molecule has 0 aromatic heterocycles. The van der Waals surface area contributed by atoms with Gasteiger partial charge in [0.05, 0.1) is 11.4 Å². The molecule has 19 heavy (non-hydrogen) atoms. The minimum absolute atomic E-state index is 0.216. The summed E-state index contributed by atoms with van der Waals surface area (Å²) in [6.07, 6.45) is 1.96. The molecule has 0 radical (unpaired) electrons. The van der Waals surface area contributed by atoms with Crippen molar-refractivity contribution in [2.45, 2.75) is 37.6 Å².